The number of likely N-dealkylation sites (tertiary alicyclic amines) is 1. The average Bonchev–Trinajstić information content (AvgIpc) is 2.89. The van der Waals surface area contributed by atoms with Crippen LogP contribution >= 0.6 is 0 Å². The number of aromatic nitrogens is 1. The molecule has 0 saturated carbocycles. The second-order valence-electron chi connectivity index (χ2n) is 5.66. The molecule has 0 aliphatic carbocycles. The molecule has 3 rings (SSSR count). The van der Waals surface area contributed by atoms with Crippen molar-refractivity contribution in [3.63, 3.8) is 0 Å². The lowest BCUT2D eigenvalue weighted by Gasteiger charge is -2.30. The molecule has 1 aromatic carbocycles. The minimum atomic E-state index is -0.856. The predicted molar refractivity (Wildman–Crippen MR) is 78.8 cm³/mol. The third-order valence-electron chi connectivity index (χ3n) is 4.16. The highest BCUT2D eigenvalue weighted by Crippen LogP contribution is 2.20. The fourth-order valence-corrected chi connectivity index (χ4v) is 2.95. The van der Waals surface area contributed by atoms with Crippen LogP contribution in [0.25, 0.3) is 10.9 Å². The molecule has 1 fully saturated rings. The maximum atomic E-state index is 13.4. The van der Waals surface area contributed by atoms with Crippen molar-refractivity contribution in [2.24, 2.45) is 5.92 Å². The van der Waals surface area contributed by atoms with Gasteiger partial charge in [-0.25, -0.2) is 4.39 Å². The number of piperidine rings is 1. The molecule has 116 valence electrons. The maximum Gasteiger partial charge on any atom is 0.308 e. The molecule has 2 aromatic rings. The van der Waals surface area contributed by atoms with E-state index in [1.54, 1.807) is 21.7 Å². The van der Waals surface area contributed by atoms with Crippen molar-refractivity contribution in [2.45, 2.75) is 19.4 Å². The summed E-state index contributed by atoms with van der Waals surface area (Å²) in [5.74, 6) is -1.82. The van der Waals surface area contributed by atoms with E-state index in [0.717, 1.165) is 5.39 Å². The van der Waals surface area contributed by atoms with E-state index in [1.807, 2.05) is 6.07 Å². The molecule has 6 heteroatoms. The summed E-state index contributed by atoms with van der Waals surface area (Å²) in [5, 5.41) is 9.95. The summed E-state index contributed by atoms with van der Waals surface area (Å²) < 4.78 is 15.1. The van der Waals surface area contributed by atoms with Crippen LogP contribution in [0.4, 0.5) is 4.39 Å². The van der Waals surface area contributed by atoms with E-state index in [0.29, 0.717) is 24.9 Å². The summed E-state index contributed by atoms with van der Waals surface area (Å²) in [4.78, 5) is 25.0. The Balaban J connectivity index is 1.75. The summed E-state index contributed by atoms with van der Waals surface area (Å²) >= 11 is 0. The van der Waals surface area contributed by atoms with Crippen LogP contribution < -0.4 is 0 Å². The second kappa shape index (κ2) is 5.79. The highest BCUT2D eigenvalue weighted by Gasteiger charge is 2.28. The molecule has 5 nitrogen and oxygen atoms in total. The van der Waals surface area contributed by atoms with Crippen LogP contribution in [-0.4, -0.2) is 39.5 Å². The summed E-state index contributed by atoms with van der Waals surface area (Å²) in [6.07, 6.45) is 3.06. The van der Waals surface area contributed by atoms with E-state index in [9.17, 15) is 14.0 Å². The number of amides is 1. The zero-order chi connectivity index (χ0) is 15.7. The first-order valence-electron chi connectivity index (χ1n) is 7.29. The molecule has 1 atom stereocenters. The largest absolute Gasteiger partial charge is 0.481 e. The van der Waals surface area contributed by atoms with Crippen molar-refractivity contribution in [1.82, 2.24) is 9.47 Å². The van der Waals surface area contributed by atoms with Crippen LogP contribution in [0.15, 0.2) is 30.5 Å². The number of rotatable bonds is 3. The van der Waals surface area contributed by atoms with E-state index >= 15 is 0 Å². The number of carboxylic acids is 1. The molecular weight excluding hydrogens is 287 g/mol. The second-order valence-corrected chi connectivity index (χ2v) is 5.66. The van der Waals surface area contributed by atoms with Crippen LogP contribution in [0, 0.1) is 11.7 Å². The topological polar surface area (TPSA) is 62.5 Å². The monoisotopic (exact) mass is 304 g/mol. The molecule has 2 heterocycles. The van der Waals surface area contributed by atoms with Crippen molar-refractivity contribution in [3.05, 3.63) is 36.3 Å². The Hall–Kier alpha value is -2.37. The summed E-state index contributed by atoms with van der Waals surface area (Å²) in [5.41, 5.74) is 0.667. The fraction of sp³-hybridized carbons (Fsp3) is 0.375. The van der Waals surface area contributed by atoms with Gasteiger partial charge in [-0.1, -0.05) is 0 Å². The average molecular weight is 304 g/mol. The van der Waals surface area contributed by atoms with E-state index in [2.05, 4.69) is 0 Å². The molecule has 1 aromatic heterocycles. The molecule has 1 amide bonds. The van der Waals surface area contributed by atoms with E-state index in [1.165, 1.54) is 12.1 Å². The number of carbonyl (C=O) groups excluding carboxylic acids is 1. The summed E-state index contributed by atoms with van der Waals surface area (Å²) in [6.45, 7) is 0.928. The van der Waals surface area contributed by atoms with Crippen LogP contribution in [-0.2, 0) is 16.1 Å². The highest BCUT2D eigenvalue weighted by molar-refractivity contribution is 5.83. The molecule has 1 unspecified atom stereocenters. The standard InChI is InChI=1S/C16H17FN2O3/c17-13-4-3-11-5-7-18(14(11)8-13)10-15(20)19-6-1-2-12(9-19)16(21)22/h3-5,7-8,12H,1-2,6,9-10H2,(H,21,22). The van der Waals surface area contributed by atoms with Crippen molar-refractivity contribution >= 4 is 22.8 Å². The first kappa shape index (κ1) is 14.6. The quantitative estimate of drug-likeness (QED) is 0.944. The Morgan fingerprint density at radius 3 is 2.91 bits per heavy atom. The van der Waals surface area contributed by atoms with Crippen LogP contribution in [0.1, 0.15) is 12.8 Å². The summed E-state index contributed by atoms with van der Waals surface area (Å²) in [7, 11) is 0. The number of benzene rings is 1. The lowest BCUT2D eigenvalue weighted by molar-refractivity contribution is -0.145. The van der Waals surface area contributed by atoms with Gasteiger partial charge in [-0.3, -0.25) is 9.59 Å². The molecule has 0 radical (unpaired) electrons. The van der Waals surface area contributed by atoms with Gasteiger partial charge in [-0.05, 0) is 42.5 Å². The molecule has 1 aliphatic rings. The molecule has 0 spiro atoms. The number of fused-ring (bicyclic) bond motifs is 1. The van der Waals surface area contributed by atoms with Gasteiger partial charge in [0.15, 0.2) is 0 Å². The maximum absolute atomic E-state index is 13.4. The first-order chi connectivity index (χ1) is 10.5. The van der Waals surface area contributed by atoms with Crippen molar-refractivity contribution in [1.29, 1.82) is 0 Å². The van der Waals surface area contributed by atoms with Gasteiger partial charge >= 0.3 is 5.97 Å². The Kier molecular flexibility index (Phi) is 3.83. The Labute approximate surface area is 126 Å². The van der Waals surface area contributed by atoms with E-state index in [-0.39, 0.29) is 24.8 Å². The molecule has 1 saturated heterocycles. The van der Waals surface area contributed by atoms with E-state index in [4.69, 9.17) is 5.11 Å². The number of hydrogen-bond acceptors (Lipinski definition) is 2. The number of aliphatic carboxylic acids is 1. The number of halogens is 1. The number of carboxylic acid groups (broad SMARTS) is 1. The van der Waals surface area contributed by atoms with Gasteiger partial charge in [0.1, 0.15) is 12.4 Å². The van der Waals surface area contributed by atoms with Crippen molar-refractivity contribution < 1.29 is 19.1 Å². The lowest BCUT2D eigenvalue weighted by atomic mass is 9.98. The van der Waals surface area contributed by atoms with Crippen molar-refractivity contribution in [3.8, 4) is 0 Å². The van der Waals surface area contributed by atoms with Crippen LogP contribution in [0.3, 0.4) is 0 Å². The van der Waals surface area contributed by atoms with Gasteiger partial charge in [0.25, 0.3) is 0 Å². The molecule has 1 N–H and O–H groups in total. The van der Waals surface area contributed by atoms with Gasteiger partial charge < -0.3 is 14.6 Å². The smallest absolute Gasteiger partial charge is 0.308 e. The molecule has 0 bridgehead atoms. The molecular formula is C16H17FN2O3. The zero-order valence-corrected chi connectivity index (χ0v) is 12.0. The van der Waals surface area contributed by atoms with Gasteiger partial charge in [-0.15, -0.1) is 0 Å². The number of nitrogens with zero attached hydrogens (tertiary/aromatic N) is 2. The third-order valence-corrected chi connectivity index (χ3v) is 4.16. The predicted octanol–water partition coefficient (Wildman–Crippen LogP) is 2.10. The van der Waals surface area contributed by atoms with Gasteiger partial charge in [0, 0.05) is 19.3 Å². The normalized spacial score (nSPS) is 18.6. The summed E-state index contributed by atoms with van der Waals surface area (Å²) in [6, 6.07) is 6.29. The van der Waals surface area contributed by atoms with Gasteiger partial charge in [0.2, 0.25) is 5.91 Å². The Morgan fingerprint density at radius 2 is 2.14 bits per heavy atom. The lowest BCUT2D eigenvalue weighted by Crippen LogP contribution is -2.43. The van der Waals surface area contributed by atoms with Crippen LogP contribution in [0.2, 0.25) is 0 Å². The molecule has 1 aliphatic heterocycles. The minimum absolute atomic E-state index is 0.0965. The SMILES string of the molecule is O=C(O)C1CCCN(C(=O)Cn2ccc3ccc(F)cc32)C1. The Bertz CT molecular complexity index is 725. The fourth-order valence-electron chi connectivity index (χ4n) is 2.95. The first-order valence-corrected chi connectivity index (χ1v) is 7.29. The van der Waals surface area contributed by atoms with Crippen molar-refractivity contribution in [2.75, 3.05) is 13.1 Å². The van der Waals surface area contributed by atoms with Gasteiger partial charge in [0.05, 0.1) is 11.4 Å². The van der Waals surface area contributed by atoms with E-state index < -0.39 is 11.9 Å². The number of hydrogen-bond donors (Lipinski definition) is 1. The number of carbonyl (C=O) groups is 2. The van der Waals surface area contributed by atoms with Crippen LogP contribution in [0.5, 0.6) is 0 Å². The third kappa shape index (κ3) is 2.81. The Morgan fingerprint density at radius 1 is 1.32 bits per heavy atom. The zero-order valence-electron chi connectivity index (χ0n) is 12.0. The molecule has 22 heavy (non-hydrogen) atoms. The highest BCUT2D eigenvalue weighted by atomic mass is 19.1. The minimum Gasteiger partial charge on any atom is -0.481 e. The van der Waals surface area contributed by atoms with Gasteiger partial charge in [-0.2, -0.15) is 0 Å².